The van der Waals surface area contributed by atoms with Gasteiger partial charge in [0.25, 0.3) is 5.91 Å². The van der Waals surface area contributed by atoms with Crippen molar-refractivity contribution in [1.29, 1.82) is 5.26 Å². The van der Waals surface area contributed by atoms with E-state index in [1.807, 2.05) is 6.07 Å². The van der Waals surface area contributed by atoms with Crippen LogP contribution < -0.4 is 10.6 Å². The molecule has 0 aromatic heterocycles. The van der Waals surface area contributed by atoms with E-state index in [9.17, 15) is 9.59 Å². The molecule has 0 atom stereocenters. The lowest BCUT2D eigenvalue weighted by Crippen LogP contribution is -2.19. The smallest absolute Gasteiger partial charge is 0.261 e. The van der Waals surface area contributed by atoms with Crippen LogP contribution in [0.15, 0.2) is 29.8 Å². The molecule has 1 rings (SSSR count). The summed E-state index contributed by atoms with van der Waals surface area (Å²) in [6, 6.07) is 8.66. The van der Waals surface area contributed by atoms with Gasteiger partial charge in [0, 0.05) is 19.7 Å². The van der Waals surface area contributed by atoms with Gasteiger partial charge in [-0.2, -0.15) is 5.26 Å². The lowest BCUT2D eigenvalue weighted by molar-refractivity contribution is -0.116. The van der Waals surface area contributed by atoms with Crippen molar-refractivity contribution in [3.8, 4) is 6.07 Å². The number of nitrogens with one attached hydrogen (secondary N) is 2. The van der Waals surface area contributed by atoms with E-state index in [1.165, 1.54) is 20.0 Å². The molecule has 0 aliphatic heterocycles. The minimum atomic E-state index is -0.427. The van der Waals surface area contributed by atoms with Crippen LogP contribution in [0.3, 0.4) is 0 Å². The predicted octanol–water partition coefficient (Wildman–Crippen LogP) is 1.30. The molecule has 0 bridgehead atoms. The van der Waals surface area contributed by atoms with E-state index >= 15 is 0 Å². The van der Waals surface area contributed by atoms with Crippen molar-refractivity contribution in [2.75, 3.05) is 12.4 Å². The van der Waals surface area contributed by atoms with Gasteiger partial charge in [0.15, 0.2) is 0 Å². The Morgan fingerprint density at radius 3 is 2.33 bits per heavy atom. The summed E-state index contributed by atoms with van der Waals surface area (Å²) in [5.41, 5.74) is 1.41. The number of nitrogens with zero attached hydrogens (tertiary/aromatic N) is 1. The molecule has 1 aromatic rings. The number of rotatable bonds is 3. The largest absolute Gasteiger partial charge is 0.354 e. The van der Waals surface area contributed by atoms with Crippen LogP contribution in [-0.4, -0.2) is 18.9 Å². The standard InChI is InChI=1S/C13H13N3O2/c1-9(17)16-12-5-3-10(4-6-12)7-11(8-14)13(18)15-2/h3-7H,1-2H3,(H,15,18)(H,16,17). The zero-order valence-electron chi connectivity index (χ0n) is 10.2. The van der Waals surface area contributed by atoms with Crippen LogP contribution in [0, 0.1) is 11.3 Å². The van der Waals surface area contributed by atoms with Crippen LogP contribution in [-0.2, 0) is 9.59 Å². The number of hydrogen-bond donors (Lipinski definition) is 2. The van der Waals surface area contributed by atoms with Gasteiger partial charge in [-0.05, 0) is 23.8 Å². The molecule has 5 heteroatoms. The molecule has 0 unspecified atom stereocenters. The number of hydrogen-bond acceptors (Lipinski definition) is 3. The lowest BCUT2D eigenvalue weighted by Gasteiger charge is -2.02. The number of likely N-dealkylation sites (N-methyl/N-ethyl adjacent to an activating group) is 1. The summed E-state index contributed by atoms with van der Waals surface area (Å²) < 4.78 is 0. The minimum Gasteiger partial charge on any atom is -0.354 e. The number of nitriles is 1. The Hall–Kier alpha value is -2.61. The van der Waals surface area contributed by atoms with E-state index in [0.29, 0.717) is 11.3 Å². The third-order valence-electron chi connectivity index (χ3n) is 2.13. The summed E-state index contributed by atoms with van der Waals surface area (Å²) in [7, 11) is 1.47. The molecule has 0 radical (unpaired) electrons. The fourth-order valence-corrected chi connectivity index (χ4v) is 1.32. The summed E-state index contributed by atoms with van der Waals surface area (Å²) in [6.45, 7) is 1.42. The topological polar surface area (TPSA) is 82.0 Å². The number of amides is 2. The first-order chi connectivity index (χ1) is 8.56. The molecule has 0 spiro atoms. The van der Waals surface area contributed by atoms with Crippen molar-refractivity contribution in [2.24, 2.45) is 0 Å². The third kappa shape index (κ3) is 3.76. The molecular weight excluding hydrogens is 230 g/mol. The van der Waals surface area contributed by atoms with Crippen LogP contribution in [0.25, 0.3) is 6.08 Å². The van der Waals surface area contributed by atoms with Crippen molar-refractivity contribution in [3.05, 3.63) is 35.4 Å². The third-order valence-corrected chi connectivity index (χ3v) is 2.13. The van der Waals surface area contributed by atoms with Gasteiger partial charge in [-0.15, -0.1) is 0 Å². The first-order valence-corrected chi connectivity index (χ1v) is 5.28. The second-order valence-corrected chi connectivity index (χ2v) is 3.55. The lowest BCUT2D eigenvalue weighted by atomic mass is 10.1. The summed E-state index contributed by atoms with van der Waals surface area (Å²) in [4.78, 5) is 22.1. The SMILES string of the molecule is CNC(=O)C(C#N)=Cc1ccc(NC(C)=O)cc1. The summed E-state index contributed by atoms with van der Waals surface area (Å²) in [6.07, 6.45) is 1.48. The second-order valence-electron chi connectivity index (χ2n) is 3.55. The van der Waals surface area contributed by atoms with E-state index < -0.39 is 5.91 Å². The van der Waals surface area contributed by atoms with Gasteiger partial charge in [0.2, 0.25) is 5.91 Å². The maximum Gasteiger partial charge on any atom is 0.261 e. The Labute approximate surface area is 105 Å². The Morgan fingerprint density at radius 1 is 1.28 bits per heavy atom. The fourth-order valence-electron chi connectivity index (χ4n) is 1.32. The summed E-state index contributed by atoms with van der Waals surface area (Å²) in [5.74, 6) is -0.579. The molecule has 0 heterocycles. The van der Waals surface area contributed by atoms with Crippen LogP contribution >= 0.6 is 0 Å². The van der Waals surface area contributed by atoms with Crippen molar-refractivity contribution in [1.82, 2.24) is 5.32 Å². The quantitative estimate of drug-likeness (QED) is 0.620. The maximum atomic E-state index is 11.3. The Morgan fingerprint density at radius 2 is 1.89 bits per heavy atom. The molecule has 2 amide bonds. The fraction of sp³-hybridized carbons (Fsp3) is 0.154. The van der Waals surface area contributed by atoms with Crippen molar-refractivity contribution < 1.29 is 9.59 Å². The zero-order chi connectivity index (χ0) is 13.5. The monoisotopic (exact) mass is 243 g/mol. The van der Waals surface area contributed by atoms with Gasteiger partial charge in [-0.3, -0.25) is 9.59 Å². The van der Waals surface area contributed by atoms with Crippen molar-refractivity contribution in [2.45, 2.75) is 6.92 Å². The summed E-state index contributed by atoms with van der Waals surface area (Å²) >= 11 is 0. The molecule has 0 saturated carbocycles. The van der Waals surface area contributed by atoms with Crippen LogP contribution in [0.5, 0.6) is 0 Å². The Kier molecular flexibility index (Phi) is 4.64. The van der Waals surface area contributed by atoms with Crippen LogP contribution in [0.1, 0.15) is 12.5 Å². The second kappa shape index (κ2) is 6.21. The molecule has 18 heavy (non-hydrogen) atoms. The maximum absolute atomic E-state index is 11.3. The Balaban J connectivity index is 2.92. The average molecular weight is 243 g/mol. The van der Waals surface area contributed by atoms with E-state index in [2.05, 4.69) is 10.6 Å². The van der Waals surface area contributed by atoms with Crippen molar-refractivity contribution >= 4 is 23.6 Å². The highest BCUT2D eigenvalue weighted by Gasteiger charge is 2.05. The van der Waals surface area contributed by atoms with E-state index in [4.69, 9.17) is 5.26 Å². The normalized spacial score (nSPS) is 10.4. The number of anilines is 1. The molecule has 1 aromatic carbocycles. The van der Waals surface area contributed by atoms with E-state index in [-0.39, 0.29) is 11.5 Å². The van der Waals surface area contributed by atoms with Gasteiger partial charge in [-0.1, -0.05) is 12.1 Å². The number of carbonyl (C=O) groups is 2. The van der Waals surface area contributed by atoms with E-state index in [1.54, 1.807) is 24.3 Å². The number of benzene rings is 1. The molecule has 0 saturated heterocycles. The zero-order valence-corrected chi connectivity index (χ0v) is 10.2. The molecule has 5 nitrogen and oxygen atoms in total. The van der Waals surface area contributed by atoms with Gasteiger partial charge in [0.05, 0.1) is 0 Å². The summed E-state index contributed by atoms with van der Waals surface area (Å²) in [5, 5.41) is 13.8. The highest BCUT2D eigenvalue weighted by Crippen LogP contribution is 2.12. The van der Waals surface area contributed by atoms with Gasteiger partial charge in [-0.25, -0.2) is 0 Å². The van der Waals surface area contributed by atoms with Gasteiger partial charge >= 0.3 is 0 Å². The minimum absolute atomic E-state index is 0.0322. The van der Waals surface area contributed by atoms with Crippen LogP contribution in [0.4, 0.5) is 5.69 Å². The van der Waals surface area contributed by atoms with E-state index in [0.717, 1.165) is 0 Å². The first kappa shape index (κ1) is 13.5. The molecular formula is C13H13N3O2. The van der Waals surface area contributed by atoms with Crippen LogP contribution in [0.2, 0.25) is 0 Å². The highest BCUT2D eigenvalue weighted by atomic mass is 16.2. The highest BCUT2D eigenvalue weighted by molar-refractivity contribution is 6.01. The molecule has 92 valence electrons. The average Bonchev–Trinajstić information content (AvgIpc) is 2.36. The van der Waals surface area contributed by atoms with Gasteiger partial charge < -0.3 is 10.6 Å². The van der Waals surface area contributed by atoms with Crippen molar-refractivity contribution in [3.63, 3.8) is 0 Å². The first-order valence-electron chi connectivity index (χ1n) is 5.28. The number of carbonyl (C=O) groups excluding carboxylic acids is 2. The predicted molar refractivity (Wildman–Crippen MR) is 68.4 cm³/mol. The molecule has 2 N–H and O–H groups in total. The van der Waals surface area contributed by atoms with Gasteiger partial charge in [0.1, 0.15) is 11.6 Å². The molecule has 0 fully saturated rings. The molecule has 0 aliphatic rings. The molecule has 0 aliphatic carbocycles. The Bertz CT molecular complexity index is 524.